The van der Waals surface area contributed by atoms with Crippen LogP contribution in [0.2, 0.25) is 0 Å². The molecule has 2 aromatic heterocycles. The minimum Gasteiger partial charge on any atom is -0.459 e. The molecule has 4 rings (SSSR count). The Morgan fingerprint density at radius 3 is 2.21 bits per heavy atom. The number of anilines is 2. The second kappa shape index (κ2) is 8.18. The van der Waals surface area contributed by atoms with Gasteiger partial charge in [-0.05, 0) is 43.3 Å². The first-order chi connectivity index (χ1) is 14.1. The fourth-order valence-electron chi connectivity index (χ4n) is 3.23. The van der Waals surface area contributed by atoms with Crippen molar-refractivity contribution in [2.75, 3.05) is 31.5 Å². The highest BCUT2D eigenvalue weighted by Gasteiger charge is 2.26. The van der Waals surface area contributed by atoms with E-state index in [2.05, 4.69) is 10.3 Å². The van der Waals surface area contributed by atoms with Crippen LogP contribution in [0.4, 0.5) is 11.5 Å². The molecular weight excluding hydrogens is 368 g/mol. The lowest BCUT2D eigenvalue weighted by Crippen LogP contribution is -2.50. The topological polar surface area (TPSA) is 78.7 Å². The average Bonchev–Trinajstić information content (AvgIpc) is 3.30. The van der Waals surface area contributed by atoms with Gasteiger partial charge in [-0.2, -0.15) is 0 Å². The molecule has 1 saturated heterocycles. The van der Waals surface area contributed by atoms with Crippen molar-refractivity contribution in [3.8, 4) is 0 Å². The van der Waals surface area contributed by atoms with Crippen LogP contribution in [0.15, 0.2) is 65.4 Å². The average molecular weight is 390 g/mol. The molecule has 0 saturated carbocycles. The van der Waals surface area contributed by atoms with Gasteiger partial charge in [-0.15, -0.1) is 0 Å². The summed E-state index contributed by atoms with van der Waals surface area (Å²) in [6, 6.07) is 14.9. The van der Waals surface area contributed by atoms with E-state index in [1.165, 1.54) is 11.8 Å². The Morgan fingerprint density at radius 1 is 0.931 bits per heavy atom. The molecule has 2 amide bonds. The molecular formula is C22H22N4O3. The number of hydrogen-bond donors (Lipinski definition) is 1. The van der Waals surface area contributed by atoms with Gasteiger partial charge in [0.05, 0.1) is 11.8 Å². The molecule has 148 valence electrons. The molecule has 29 heavy (non-hydrogen) atoms. The molecule has 1 N–H and O–H groups in total. The first-order valence-electron chi connectivity index (χ1n) is 9.52. The largest absolute Gasteiger partial charge is 0.459 e. The van der Waals surface area contributed by atoms with Gasteiger partial charge in [0.2, 0.25) is 0 Å². The van der Waals surface area contributed by atoms with Crippen LogP contribution in [0.5, 0.6) is 0 Å². The maximum absolute atomic E-state index is 12.8. The van der Waals surface area contributed by atoms with Gasteiger partial charge in [0.1, 0.15) is 5.82 Å². The third-order valence-electron chi connectivity index (χ3n) is 4.92. The van der Waals surface area contributed by atoms with Gasteiger partial charge < -0.3 is 19.5 Å². The summed E-state index contributed by atoms with van der Waals surface area (Å²) in [5, 5.41) is 3.22. The van der Waals surface area contributed by atoms with Crippen LogP contribution in [-0.2, 0) is 0 Å². The number of piperazine rings is 1. The molecule has 1 aliphatic heterocycles. The van der Waals surface area contributed by atoms with E-state index < -0.39 is 0 Å². The minimum absolute atomic E-state index is 0.0792. The van der Waals surface area contributed by atoms with Crippen LogP contribution < -0.4 is 5.32 Å². The summed E-state index contributed by atoms with van der Waals surface area (Å²) in [5.41, 5.74) is 2.67. The van der Waals surface area contributed by atoms with Crippen molar-refractivity contribution < 1.29 is 14.0 Å². The highest BCUT2D eigenvalue weighted by molar-refractivity contribution is 5.95. The Morgan fingerprint density at radius 2 is 1.62 bits per heavy atom. The Bertz CT molecular complexity index is 974. The number of nitrogens with zero attached hydrogens (tertiary/aromatic N) is 3. The molecule has 0 atom stereocenters. The zero-order valence-electron chi connectivity index (χ0n) is 16.2. The zero-order chi connectivity index (χ0) is 20.2. The van der Waals surface area contributed by atoms with Crippen LogP contribution in [0, 0.1) is 6.92 Å². The second-order valence-corrected chi connectivity index (χ2v) is 6.98. The Hall–Kier alpha value is -3.61. The normalized spacial score (nSPS) is 14.0. The van der Waals surface area contributed by atoms with Gasteiger partial charge in [-0.3, -0.25) is 9.59 Å². The number of nitrogens with one attached hydrogen (secondary N) is 1. The number of benzene rings is 1. The van der Waals surface area contributed by atoms with Gasteiger partial charge in [0.25, 0.3) is 11.8 Å². The van der Waals surface area contributed by atoms with Crippen LogP contribution in [-0.4, -0.2) is 52.8 Å². The van der Waals surface area contributed by atoms with E-state index >= 15 is 0 Å². The van der Waals surface area contributed by atoms with Gasteiger partial charge in [-0.1, -0.05) is 17.7 Å². The third-order valence-corrected chi connectivity index (χ3v) is 4.92. The monoisotopic (exact) mass is 390 g/mol. The van der Waals surface area contributed by atoms with E-state index in [-0.39, 0.29) is 11.8 Å². The fraction of sp³-hybridized carbons (Fsp3) is 0.227. The Labute approximate surface area is 169 Å². The van der Waals surface area contributed by atoms with Crippen molar-refractivity contribution in [1.82, 2.24) is 14.8 Å². The molecule has 7 nitrogen and oxygen atoms in total. The predicted molar refractivity (Wildman–Crippen MR) is 109 cm³/mol. The number of amides is 2. The summed E-state index contributed by atoms with van der Waals surface area (Å²) in [7, 11) is 0. The summed E-state index contributed by atoms with van der Waals surface area (Å²) in [6.07, 6.45) is 3.07. The smallest absolute Gasteiger partial charge is 0.289 e. The van der Waals surface area contributed by atoms with Crippen molar-refractivity contribution in [3.63, 3.8) is 0 Å². The van der Waals surface area contributed by atoms with Crippen molar-refractivity contribution in [3.05, 3.63) is 77.9 Å². The summed E-state index contributed by atoms with van der Waals surface area (Å²) >= 11 is 0. The number of furan rings is 1. The van der Waals surface area contributed by atoms with E-state index in [9.17, 15) is 9.59 Å². The number of aryl methyl sites for hydroxylation is 1. The Kier molecular flexibility index (Phi) is 5.29. The predicted octanol–water partition coefficient (Wildman–Crippen LogP) is 3.32. The Balaban J connectivity index is 1.34. The summed E-state index contributed by atoms with van der Waals surface area (Å²) in [6.45, 7) is 3.95. The molecule has 1 aliphatic rings. The van der Waals surface area contributed by atoms with Crippen LogP contribution in [0.3, 0.4) is 0 Å². The van der Waals surface area contributed by atoms with Crippen molar-refractivity contribution in [2.24, 2.45) is 0 Å². The van der Waals surface area contributed by atoms with Crippen molar-refractivity contribution >= 4 is 23.3 Å². The number of pyridine rings is 1. The lowest BCUT2D eigenvalue weighted by atomic mass is 10.2. The standard InChI is InChI=1S/C22H22N4O3/c1-16-4-7-18(8-5-16)24-20-9-6-17(15-23-20)21(27)25-10-12-26(13-11-25)22(28)19-3-2-14-29-19/h2-9,14-15H,10-13H2,1H3,(H,23,24). The molecule has 0 aliphatic carbocycles. The first-order valence-corrected chi connectivity index (χ1v) is 9.52. The third kappa shape index (κ3) is 4.29. The van der Waals surface area contributed by atoms with Gasteiger partial charge in [0.15, 0.2) is 5.76 Å². The van der Waals surface area contributed by atoms with E-state index in [1.807, 2.05) is 31.2 Å². The number of carbonyl (C=O) groups is 2. The second-order valence-electron chi connectivity index (χ2n) is 6.98. The lowest BCUT2D eigenvalue weighted by Gasteiger charge is -2.34. The molecule has 7 heteroatoms. The minimum atomic E-state index is -0.143. The first kappa shape index (κ1) is 18.7. The molecule has 0 bridgehead atoms. The molecule has 0 radical (unpaired) electrons. The van der Waals surface area contributed by atoms with Gasteiger partial charge >= 0.3 is 0 Å². The number of aromatic nitrogens is 1. The van der Waals surface area contributed by atoms with Crippen molar-refractivity contribution in [2.45, 2.75) is 6.92 Å². The quantitative estimate of drug-likeness (QED) is 0.739. The van der Waals surface area contributed by atoms with E-state index in [0.717, 1.165) is 5.69 Å². The van der Waals surface area contributed by atoms with Crippen LogP contribution in [0.1, 0.15) is 26.5 Å². The highest BCUT2D eigenvalue weighted by atomic mass is 16.3. The summed E-state index contributed by atoms with van der Waals surface area (Å²) in [5.74, 6) is 0.782. The maximum Gasteiger partial charge on any atom is 0.289 e. The summed E-state index contributed by atoms with van der Waals surface area (Å²) in [4.78, 5) is 32.9. The maximum atomic E-state index is 12.8. The molecule has 0 spiro atoms. The van der Waals surface area contributed by atoms with Gasteiger partial charge in [-0.25, -0.2) is 4.98 Å². The SMILES string of the molecule is Cc1ccc(Nc2ccc(C(=O)N3CCN(C(=O)c4ccco4)CC3)cn2)cc1. The fourth-order valence-corrected chi connectivity index (χ4v) is 3.23. The summed E-state index contributed by atoms with van der Waals surface area (Å²) < 4.78 is 5.17. The lowest BCUT2D eigenvalue weighted by molar-refractivity contribution is 0.0518. The number of hydrogen-bond acceptors (Lipinski definition) is 5. The van der Waals surface area contributed by atoms with E-state index in [1.54, 1.807) is 40.3 Å². The van der Waals surface area contributed by atoms with Gasteiger partial charge in [0, 0.05) is 38.1 Å². The number of carbonyl (C=O) groups excluding carboxylic acids is 2. The zero-order valence-corrected chi connectivity index (χ0v) is 16.2. The number of rotatable bonds is 4. The highest BCUT2D eigenvalue weighted by Crippen LogP contribution is 2.17. The van der Waals surface area contributed by atoms with Crippen LogP contribution >= 0.6 is 0 Å². The molecule has 1 aromatic carbocycles. The molecule has 3 aromatic rings. The van der Waals surface area contributed by atoms with Crippen molar-refractivity contribution in [1.29, 1.82) is 0 Å². The molecule has 0 unspecified atom stereocenters. The molecule has 1 fully saturated rings. The van der Waals surface area contributed by atoms with Crippen LogP contribution in [0.25, 0.3) is 0 Å². The van der Waals surface area contributed by atoms with E-state index in [0.29, 0.717) is 43.3 Å². The van der Waals surface area contributed by atoms with E-state index in [4.69, 9.17) is 4.42 Å². The molecule has 3 heterocycles.